The summed E-state index contributed by atoms with van der Waals surface area (Å²) in [5.41, 5.74) is 4.63. The van der Waals surface area contributed by atoms with Gasteiger partial charge >= 0.3 is 0 Å². The number of aryl methyl sites for hydroxylation is 2. The Hall–Kier alpha value is -4.21. The summed E-state index contributed by atoms with van der Waals surface area (Å²) in [6.45, 7) is 1.98. The Labute approximate surface area is 194 Å². The largest absolute Gasteiger partial charge is 0.326 e. The number of nitriles is 1. The van der Waals surface area contributed by atoms with Gasteiger partial charge in [0.15, 0.2) is 5.82 Å². The molecule has 5 rings (SSSR count). The van der Waals surface area contributed by atoms with E-state index in [1.165, 1.54) is 11.3 Å². The van der Waals surface area contributed by atoms with Crippen molar-refractivity contribution in [3.63, 3.8) is 0 Å². The molecule has 0 unspecified atom stereocenters. The number of imidazole rings is 1. The summed E-state index contributed by atoms with van der Waals surface area (Å²) < 4.78 is 4.65. The number of hydrogen-bond acceptors (Lipinski definition) is 4. The minimum atomic E-state index is -0.157. The van der Waals surface area contributed by atoms with Crippen molar-refractivity contribution < 1.29 is 0 Å². The zero-order valence-corrected chi connectivity index (χ0v) is 19.0. The maximum absolute atomic E-state index is 13.6. The molecule has 0 radical (unpaired) electrons. The minimum absolute atomic E-state index is 0.157. The molecule has 0 spiro atoms. The van der Waals surface area contributed by atoms with Gasteiger partial charge in [0.1, 0.15) is 16.3 Å². The highest BCUT2D eigenvalue weighted by atomic mass is 32.1. The fraction of sp³-hybridized carbons (Fsp3) is 0.0741. The number of fused-ring (bicyclic) bond motifs is 1. The first-order valence-electron chi connectivity index (χ1n) is 10.5. The van der Waals surface area contributed by atoms with Gasteiger partial charge < -0.3 is 4.57 Å². The Bertz CT molecular complexity index is 1720. The Morgan fingerprint density at radius 2 is 1.79 bits per heavy atom. The van der Waals surface area contributed by atoms with Gasteiger partial charge in [-0.05, 0) is 48.4 Å². The fourth-order valence-electron chi connectivity index (χ4n) is 3.91. The number of para-hydroxylation sites is 2. The highest BCUT2D eigenvalue weighted by Crippen LogP contribution is 2.19. The second-order valence-electron chi connectivity index (χ2n) is 7.78. The first-order chi connectivity index (χ1) is 16.1. The number of aromatic nitrogens is 3. The lowest BCUT2D eigenvalue weighted by molar-refractivity contribution is 0.915. The Morgan fingerprint density at radius 3 is 2.52 bits per heavy atom. The maximum atomic E-state index is 13.6. The van der Waals surface area contributed by atoms with Crippen molar-refractivity contribution in [3.8, 4) is 11.8 Å². The molecule has 2 heterocycles. The van der Waals surface area contributed by atoms with Crippen molar-refractivity contribution in [1.82, 2.24) is 14.1 Å². The maximum Gasteiger partial charge on any atom is 0.273 e. The Morgan fingerprint density at radius 1 is 1.03 bits per heavy atom. The van der Waals surface area contributed by atoms with E-state index in [1.54, 1.807) is 4.57 Å². The van der Waals surface area contributed by atoms with Crippen LogP contribution in [0.25, 0.3) is 28.4 Å². The molecule has 0 aliphatic carbocycles. The molecule has 3 aromatic carbocycles. The van der Waals surface area contributed by atoms with Crippen molar-refractivity contribution in [3.05, 3.63) is 115 Å². The molecular formula is C27H20N4OS. The molecular weight excluding hydrogens is 428 g/mol. The lowest BCUT2D eigenvalue weighted by atomic mass is 10.2. The first kappa shape index (κ1) is 20.7. The molecule has 160 valence electrons. The van der Waals surface area contributed by atoms with Crippen LogP contribution in [0, 0.1) is 18.3 Å². The van der Waals surface area contributed by atoms with Gasteiger partial charge in [0.25, 0.3) is 5.56 Å². The molecule has 0 amide bonds. The zero-order valence-electron chi connectivity index (χ0n) is 18.2. The van der Waals surface area contributed by atoms with Gasteiger partial charge in [0.05, 0.1) is 21.3 Å². The minimum Gasteiger partial charge on any atom is -0.326 e. The van der Waals surface area contributed by atoms with Crippen LogP contribution in [0.3, 0.4) is 0 Å². The number of nitrogens with zero attached hydrogens (tertiary/aromatic N) is 4. The molecule has 0 N–H and O–H groups in total. The van der Waals surface area contributed by atoms with Crippen LogP contribution in [0.4, 0.5) is 0 Å². The summed E-state index contributed by atoms with van der Waals surface area (Å²) in [6, 6.07) is 27.6. The van der Waals surface area contributed by atoms with E-state index >= 15 is 0 Å². The second kappa shape index (κ2) is 8.38. The molecule has 0 fully saturated rings. The number of thiazole rings is 1. The summed E-state index contributed by atoms with van der Waals surface area (Å²) in [6.07, 6.45) is 1.87. The van der Waals surface area contributed by atoms with Crippen molar-refractivity contribution in [1.29, 1.82) is 5.26 Å². The summed E-state index contributed by atoms with van der Waals surface area (Å²) in [7, 11) is 1.89. The summed E-state index contributed by atoms with van der Waals surface area (Å²) in [4.78, 5) is 18.3. The topological polar surface area (TPSA) is 63.6 Å². The van der Waals surface area contributed by atoms with Crippen LogP contribution < -0.4 is 14.8 Å². The average Bonchev–Trinajstić information content (AvgIpc) is 3.32. The van der Waals surface area contributed by atoms with Crippen molar-refractivity contribution in [2.75, 3.05) is 0 Å². The van der Waals surface area contributed by atoms with Crippen molar-refractivity contribution in [2.45, 2.75) is 6.92 Å². The van der Waals surface area contributed by atoms with Crippen molar-refractivity contribution in [2.24, 2.45) is 7.05 Å². The average molecular weight is 449 g/mol. The fourth-order valence-corrected chi connectivity index (χ4v) is 5.02. The van der Waals surface area contributed by atoms with Crippen LogP contribution in [-0.2, 0) is 7.05 Å². The summed E-state index contributed by atoms with van der Waals surface area (Å²) >= 11 is 1.31. The Kier molecular flexibility index (Phi) is 5.25. The molecule has 0 atom stereocenters. The van der Waals surface area contributed by atoms with Crippen LogP contribution in [0.5, 0.6) is 0 Å². The molecule has 0 saturated carbocycles. The van der Waals surface area contributed by atoms with E-state index in [4.69, 9.17) is 4.98 Å². The monoisotopic (exact) mass is 448 g/mol. The van der Waals surface area contributed by atoms with Gasteiger partial charge in [-0.15, -0.1) is 11.3 Å². The molecule has 0 bridgehead atoms. The molecule has 0 saturated heterocycles. The molecule has 5 nitrogen and oxygen atoms in total. The van der Waals surface area contributed by atoms with Gasteiger partial charge in [0, 0.05) is 7.05 Å². The zero-order chi connectivity index (χ0) is 22.9. The van der Waals surface area contributed by atoms with Gasteiger partial charge in [0.2, 0.25) is 0 Å². The van der Waals surface area contributed by atoms with Crippen LogP contribution >= 0.6 is 11.3 Å². The van der Waals surface area contributed by atoms with E-state index in [2.05, 4.69) is 6.07 Å². The third kappa shape index (κ3) is 3.69. The van der Waals surface area contributed by atoms with E-state index in [9.17, 15) is 10.1 Å². The SMILES string of the molecule is Cc1cccc(-n2c(=O)/c(=C/c3ccccc3)s/c2=C(/C#N)c2nc3ccccc3n2C)c1. The van der Waals surface area contributed by atoms with E-state index in [0.717, 1.165) is 27.8 Å². The van der Waals surface area contributed by atoms with Gasteiger partial charge in [-0.25, -0.2) is 4.98 Å². The molecule has 0 aliphatic rings. The van der Waals surface area contributed by atoms with Crippen LogP contribution in [0.15, 0.2) is 83.7 Å². The molecule has 6 heteroatoms. The third-order valence-corrected chi connectivity index (χ3v) is 6.61. The smallest absolute Gasteiger partial charge is 0.273 e. The van der Waals surface area contributed by atoms with E-state index in [1.807, 2.05) is 103 Å². The van der Waals surface area contributed by atoms with Crippen LogP contribution in [0.1, 0.15) is 17.0 Å². The van der Waals surface area contributed by atoms with Gasteiger partial charge in [-0.2, -0.15) is 5.26 Å². The summed E-state index contributed by atoms with van der Waals surface area (Å²) in [5.74, 6) is 0.535. The number of benzene rings is 3. The lowest BCUT2D eigenvalue weighted by Crippen LogP contribution is -2.31. The van der Waals surface area contributed by atoms with E-state index in [0.29, 0.717) is 20.6 Å². The predicted molar refractivity (Wildman–Crippen MR) is 133 cm³/mol. The van der Waals surface area contributed by atoms with Gasteiger partial charge in [-0.3, -0.25) is 9.36 Å². The normalized spacial score (nSPS) is 12.7. The highest BCUT2D eigenvalue weighted by Gasteiger charge is 2.17. The quantitative estimate of drug-likeness (QED) is 0.423. The molecule has 2 aromatic heterocycles. The Balaban J connectivity index is 1.91. The predicted octanol–water partition coefficient (Wildman–Crippen LogP) is 3.65. The molecule has 33 heavy (non-hydrogen) atoms. The van der Waals surface area contributed by atoms with Crippen LogP contribution in [0.2, 0.25) is 0 Å². The van der Waals surface area contributed by atoms with E-state index < -0.39 is 0 Å². The molecule has 0 aliphatic heterocycles. The standard InChI is InChI=1S/C27H20N4OS/c1-18-9-8-12-20(15-18)31-26(32)24(16-19-10-4-3-5-11-19)33-27(31)21(17-28)25-29-22-13-6-7-14-23(22)30(25)2/h3-16H,1-2H3/b24-16-,27-21-. The second-order valence-corrected chi connectivity index (χ2v) is 8.81. The van der Waals surface area contributed by atoms with E-state index in [-0.39, 0.29) is 5.56 Å². The molecule has 5 aromatic rings. The van der Waals surface area contributed by atoms with Crippen LogP contribution in [-0.4, -0.2) is 14.1 Å². The van der Waals surface area contributed by atoms with Gasteiger partial charge in [-0.1, -0.05) is 54.6 Å². The summed E-state index contributed by atoms with van der Waals surface area (Å²) in [5, 5.41) is 10.2. The highest BCUT2D eigenvalue weighted by molar-refractivity contribution is 7.07. The first-order valence-corrected chi connectivity index (χ1v) is 11.3. The number of hydrogen-bond donors (Lipinski definition) is 0. The third-order valence-electron chi connectivity index (χ3n) is 5.52. The van der Waals surface area contributed by atoms with Crippen molar-refractivity contribution >= 4 is 34.0 Å². The lowest BCUT2D eigenvalue weighted by Gasteiger charge is -2.05. The number of rotatable bonds is 3.